The van der Waals surface area contributed by atoms with Crippen LogP contribution in [0.1, 0.15) is 47.8 Å². The van der Waals surface area contributed by atoms with Gasteiger partial charge in [-0.1, -0.05) is 12.5 Å². The van der Waals surface area contributed by atoms with Gasteiger partial charge in [0.1, 0.15) is 11.4 Å². The van der Waals surface area contributed by atoms with E-state index in [1.54, 1.807) is 41.3 Å². The van der Waals surface area contributed by atoms with E-state index in [4.69, 9.17) is 9.47 Å². The lowest BCUT2D eigenvalue weighted by Crippen LogP contribution is -2.55. The molecule has 0 N–H and O–H groups in total. The van der Waals surface area contributed by atoms with Crippen molar-refractivity contribution in [3.8, 4) is 5.69 Å². The van der Waals surface area contributed by atoms with Crippen molar-refractivity contribution in [3.05, 3.63) is 82.9 Å². The smallest absolute Gasteiger partial charge is 0.415 e. The molecule has 2 aromatic carbocycles. The maximum Gasteiger partial charge on any atom is 0.415 e. The van der Waals surface area contributed by atoms with Crippen LogP contribution in [-0.2, 0) is 15.9 Å². The molecule has 6 rings (SSSR count). The van der Waals surface area contributed by atoms with Gasteiger partial charge < -0.3 is 9.47 Å². The lowest BCUT2D eigenvalue weighted by Gasteiger charge is -2.51. The monoisotopic (exact) mass is 487 g/mol. The third-order valence-electron chi connectivity index (χ3n) is 8.07. The predicted molar refractivity (Wildman–Crippen MR) is 132 cm³/mol. The molecule has 3 aromatic rings. The summed E-state index contributed by atoms with van der Waals surface area (Å²) in [5.74, 6) is -0.705. The molecule has 1 spiro atoms. The summed E-state index contributed by atoms with van der Waals surface area (Å²) >= 11 is 0. The van der Waals surface area contributed by atoms with Crippen LogP contribution >= 0.6 is 0 Å². The Morgan fingerprint density at radius 3 is 2.56 bits per heavy atom. The van der Waals surface area contributed by atoms with Gasteiger partial charge in [-0.25, -0.2) is 18.7 Å². The Bertz CT molecular complexity index is 1400. The maximum absolute atomic E-state index is 13.5. The number of aromatic nitrogens is 2. The molecule has 7 nitrogen and oxygen atoms in total. The standard InChI is InChI=1S/C28H26FN3O4/c1-27-15-19-16-30-32(23-11-7-21(29)8-12-23)24(19)14-20(27)4-3-13-28(27)17-31(26(34)36-28)22-9-5-18(6-10-22)25(33)35-2/h5-12,14,16H,3-4,13,15,17H2,1-2H3/t27-,28+/m0/s1. The average molecular weight is 488 g/mol. The van der Waals surface area contributed by atoms with Crippen molar-refractivity contribution in [2.45, 2.75) is 38.2 Å². The normalized spacial score (nSPS) is 24.7. The number of anilines is 1. The van der Waals surface area contributed by atoms with Gasteiger partial charge in [-0.3, -0.25) is 4.90 Å². The summed E-state index contributed by atoms with van der Waals surface area (Å²) in [6.07, 6.45) is 6.94. The number of benzene rings is 2. The number of nitrogens with zero attached hydrogens (tertiary/aromatic N) is 3. The SMILES string of the molecule is COC(=O)c1ccc(N2C[C@@]3(CCCC4=Cc5c(cnn5-c5ccc(F)cc5)C[C@@]43C)OC2=O)cc1. The highest BCUT2D eigenvalue weighted by Gasteiger charge is 2.61. The summed E-state index contributed by atoms with van der Waals surface area (Å²) in [6.45, 7) is 2.62. The van der Waals surface area contributed by atoms with Crippen LogP contribution in [0.25, 0.3) is 11.8 Å². The Kier molecular flexibility index (Phi) is 5.03. The first-order chi connectivity index (χ1) is 17.3. The number of hydrogen-bond donors (Lipinski definition) is 0. The van der Waals surface area contributed by atoms with Crippen LogP contribution < -0.4 is 4.90 Å². The highest BCUT2D eigenvalue weighted by atomic mass is 19.1. The number of halogens is 1. The van der Waals surface area contributed by atoms with Gasteiger partial charge >= 0.3 is 12.1 Å². The summed E-state index contributed by atoms with van der Waals surface area (Å²) < 4.78 is 26.3. The van der Waals surface area contributed by atoms with Crippen LogP contribution in [-0.4, -0.2) is 41.1 Å². The van der Waals surface area contributed by atoms with E-state index in [0.717, 1.165) is 36.2 Å². The highest BCUT2D eigenvalue weighted by molar-refractivity contribution is 5.93. The molecule has 2 aliphatic carbocycles. The van der Waals surface area contributed by atoms with Crippen LogP contribution in [0.3, 0.4) is 0 Å². The summed E-state index contributed by atoms with van der Waals surface area (Å²) in [5.41, 5.74) is 4.16. The van der Waals surface area contributed by atoms with E-state index in [1.807, 2.05) is 10.9 Å². The first kappa shape index (κ1) is 22.5. The molecule has 1 amide bonds. The molecule has 1 saturated heterocycles. The van der Waals surface area contributed by atoms with E-state index in [-0.39, 0.29) is 17.3 Å². The largest absolute Gasteiger partial charge is 0.465 e. The topological polar surface area (TPSA) is 73.7 Å². The molecule has 2 atom stereocenters. The van der Waals surface area contributed by atoms with E-state index in [2.05, 4.69) is 18.1 Å². The number of methoxy groups -OCH3 is 1. The number of esters is 1. The van der Waals surface area contributed by atoms with Gasteiger partial charge in [0, 0.05) is 11.1 Å². The van der Waals surface area contributed by atoms with Crippen molar-refractivity contribution in [2.24, 2.45) is 5.41 Å². The molecular weight excluding hydrogens is 461 g/mol. The molecule has 0 bridgehead atoms. The molecule has 3 aliphatic rings. The summed E-state index contributed by atoms with van der Waals surface area (Å²) in [4.78, 5) is 26.6. The zero-order valence-corrected chi connectivity index (χ0v) is 20.2. The van der Waals surface area contributed by atoms with Crippen LogP contribution in [0, 0.1) is 11.2 Å². The van der Waals surface area contributed by atoms with Crippen LogP contribution in [0.15, 0.2) is 60.3 Å². The Balaban J connectivity index is 1.33. The number of ether oxygens (including phenoxy) is 2. The first-order valence-corrected chi connectivity index (χ1v) is 12.1. The van der Waals surface area contributed by atoms with E-state index in [0.29, 0.717) is 24.2 Å². The molecular formula is C28H26FN3O4. The minimum absolute atomic E-state index is 0.285. The van der Waals surface area contributed by atoms with Gasteiger partial charge in [0.05, 0.1) is 36.8 Å². The van der Waals surface area contributed by atoms with Gasteiger partial charge in [-0.2, -0.15) is 5.10 Å². The number of carbonyl (C=O) groups excluding carboxylic acids is 2. The third kappa shape index (κ3) is 3.27. The lowest BCUT2D eigenvalue weighted by molar-refractivity contribution is -0.0515. The van der Waals surface area contributed by atoms with Gasteiger partial charge in [-0.15, -0.1) is 0 Å². The van der Waals surface area contributed by atoms with E-state index in [1.165, 1.54) is 24.8 Å². The highest BCUT2D eigenvalue weighted by Crippen LogP contribution is 2.57. The predicted octanol–water partition coefficient (Wildman–Crippen LogP) is 5.32. The van der Waals surface area contributed by atoms with Crippen molar-refractivity contribution in [1.82, 2.24) is 9.78 Å². The van der Waals surface area contributed by atoms with Crippen LogP contribution in [0.2, 0.25) is 0 Å². The molecule has 1 aromatic heterocycles. The Morgan fingerprint density at radius 2 is 1.83 bits per heavy atom. The zero-order chi connectivity index (χ0) is 25.1. The van der Waals surface area contributed by atoms with Crippen molar-refractivity contribution in [3.63, 3.8) is 0 Å². The van der Waals surface area contributed by atoms with Crippen LogP contribution in [0.5, 0.6) is 0 Å². The molecule has 1 saturated carbocycles. The Labute approximate surface area is 208 Å². The summed E-state index contributed by atoms with van der Waals surface area (Å²) in [6, 6.07) is 13.1. The fraction of sp³-hybridized carbons (Fsp3) is 0.321. The minimum atomic E-state index is -0.676. The van der Waals surface area contributed by atoms with Gasteiger partial charge in [0.2, 0.25) is 0 Å². The van der Waals surface area contributed by atoms with Crippen molar-refractivity contribution in [2.75, 3.05) is 18.6 Å². The lowest BCUT2D eigenvalue weighted by atomic mass is 9.57. The Morgan fingerprint density at radius 1 is 1.11 bits per heavy atom. The maximum atomic E-state index is 13.5. The van der Waals surface area contributed by atoms with Gasteiger partial charge in [-0.05, 0) is 85.9 Å². The third-order valence-corrected chi connectivity index (χ3v) is 8.07. The van der Waals surface area contributed by atoms with Crippen molar-refractivity contribution >= 4 is 23.8 Å². The quantitative estimate of drug-likeness (QED) is 0.468. The zero-order valence-electron chi connectivity index (χ0n) is 20.2. The second-order valence-corrected chi connectivity index (χ2v) is 9.96. The fourth-order valence-electron chi connectivity index (χ4n) is 6.01. The van der Waals surface area contributed by atoms with E-state index >= 15 is 0 Å². The number of carbonyl (C=O) groups is 2. The molecule has 2 fully saturated rings. The second kappa shape index (κ2) is 8.05. The second-order valence-electron chi connectivity index (χ2n) is 9.96. The van der Waals surface area contributed by atoms with Gasteiger partial charge in [0.15, 0.2) is 0 Å². The van der Waals surface area contributed by atoms with E-state index < -0.39 is 11.6 Å². The average Bonchev–Trinajstić information content (AvgIpc) is 3.44. The fourth-order valence-corrected chi connectivity index (χ4v) is 6.01. The molecule has 184 valence electrons. The molecule has 8 heteroatoms. The van der Waals surface area contributed by atoms with Crippen molar-refractivity contribution < 1.29 is 23.5 Å². The summed E-state index contributed by atoms with van der Waals surface area (Å²) in [7, 11) is 1.34. The minimum Gasteiger partial charge on any atom is -0.465 e. The molecule has 2 heterocycles. The number of fused-ring (bicyclic) bond motifs is 3. The van der Waals surface area contributed by atoms with Crippen LogP contribution in [0.4, 0.5) is 14.9 Å². The number of hydrogen-bond acceptors (Lipinski definition) is 5. The number of rotatable bonds is 3. The van der Waals surface area contributed by atoms with E-state index in [9.17, 15) is 14.0 Å². The molecule has 1 aliphatic heterocycles. The Hall–Kier alpha value is -3.94. The first-order valence-electron chi connectivity index (χ1n) is 12.1. The van der Waals surface area contributed by atoms with Gasteiger partial charge in [0.25, 0.3) is 0 Å². The molecule has 0 radical (unpaired) electrons. The summed E-state index contributed by atoms with van der Waals surface area (Å²) in [5, 5.41) is 4.60. The van der Waals surface area contributed by atoms with Crippen molar-refractivity contribution in [1.29, 1.82) is 0 Å². The molecule has 0 unspecified atom stereocenters. The molecule has 36 heavy (non-hydrogen) atoms. The number of amides is 1.